The van der Waals surface area contributed by atoms with Crippen LogP contribution in [-0.2, 0) is 6.42 Å². The van der Waals surface area contributed by atoms with Crippen molar-refractivity contribution in [3.05, 3.63) is 29.8 Å². The number of anilines is 1. The molecule has 0 atom stereocenters. The van der Waals surface area contributed by atoms with Gasteiger partial charge in [0.2, 0.25) is 5.13 Å². The molecule has 0 saturated carbocycles. The summed E-state index contributed by atoms with van der Waals surface area (Å²) in [5.74, 6) is 0.806. The van der Waals surface area contributed by atoms with E-state index in [1.165, 1.54) is 17.1 Å². The fraction of sp³-hybridized carbons (Fsp3) is 0.385. The minimum atomic E-state index is 0.387. The first-order chi connectivity index (χ1) is 8.19. The molecule has 17 heavy (non-hydrogen) atoms. The SMILES string of the molecule is CCc1ccc(-c2nsc(NC(C)C)n2)cc1. The van der Waals surface area contributed by atoms with Crippen LogP contribution in [0.15, 0.2) is 24.3 Å². The van der Waals surface area contributed by atoms with Gasteiger partial charge in [-0.05, 0) is 25.8 Å². The molecule has 2 rings (SSSR count). The molecular weight excluding hydrogens is 230 g/mol. The molecule has 1 heterocycles. The van der Waals surface area contributed by atoms with E-state index in [1.807, 2.05) is 0 Å². The molecule has 1 aromatic heterocycles. The lowest BCUT2D eigenvalue weighted by Gasteiger charge is -2.03. The monoisotopic (exact) mass is 247 g/mol. The Morgan fingerprint density at radius 3 is 2.53 bits per heavy atom. The number of benzene rings is 1. The zero-order valence-corrected chi connectivity index (χ0v) is 11.2. The molecule has 90 valence electrons. The molecule has 0 aliphatic rings. The second-order valence-electron chi connectivity index (χ2n) is 4.27. The lowest BCUT2D eigenvalue weighted by molar-refractivity contribution is 0.896. The van der Waals surface area contributed by atoms with Crippen molar-refractivity contribution in [2.24, 2.45) is 0 Å². The van der Waals surface area contributed by atoms with Crippen molar-refractivity contribution in [2.45, 2.75) is 33.2 Å². The van der Waals surface area contributed by atoms with E-state index in [1.54, 1.807) is 0 Å². The first-order valence-corrected chi connectivity index (χ1v) is 6.66. The highest BCUT2D eigenvalue weighted by molar-refractivity contribution is 7.09. The number of hydrogen-bond donors (Lipinski definition) is 1. The van der Waals surface area contributed by atoms with E-state index in [9.17, 15) is 0 Å². The molecule has 4 heteroatoms. The van der Waals surface area contributed by atoms with Gasteiger partial charge >= 0.3 is 0 Å². The number of nitrogens with one attached hydrogen (secondary N) is 1. The second kappa shape index (κ2) is 5.27. The molecule has 0 amide bonds. The van der Waals surface area contributed by atoms with Crippen LogP contribution >= 0.6 is 11.5 Å². The van der Waals surface area contributed by atoms with Gasteiger partial charge in [0, 0.05) is 23.1 Å². The van der Waals surface area contributed by atoms with Crippen LogP contribution in [0.3, 0.4) is 0 Å². The van der Waals surface area contributed by atoms with Gasteiger partial charge in [-0.15, -0.1) is 0 Å². The van der Waals surface area contributed by atoms with Crippen LogP contribution in [0.2, 0.25) is 0 Å². The van der Waals surface area contributed by atoms with Gasteiger partial charge in [-0.1, -0.05) is 31.2 Å². The summed E-state index contributed by atoms with van der Waals surface area (Å²) in [5, 5.41) is 4.15. The number of nitrogens with zero attached hydrogens (tertiary/aromatic N) is 2. The third kappa shape index (κ3) is 3.03. The maximum Gasteiger partial charge on any atom is 0.203 e. The minimum absolute atomic E-state index is 0.387. The summed E-state index contributed by atoms with van der Waals surface area (Å²) in [5.41, 5.74) is 2.42. The Bertz CT molecular complexity index is 474. The molecular formula is C13H17N3S. The predicted octanol–water partition coefficient (Wildman–Crippen LogP) is 3.59. The van der Waals surface area contributed by atoms with Gasteiger partial charge in [0.1, 0.15) is 0 Å². The van der Waals surface area contributed by atoms with Gasteiger partial charge in [-0.25, -0.2) is 0 Å². The maximum atomic E-state index is 4.47. The highest BCUT2D eigenvalue weighted by Gasteiger charge is 2.06. The van der Waals surface area contributed by atoms with E-state index in [2.05, 4.69) is 59.7 Å². The number of rotatable bonds is 4. The van der Waals surface area contributed by atoms with Crippen LogP contribution in [0.4, 0.5) is 5.13 Å². The average Bonchev–Trinajstić information content (AvgIpc) is 2.77. The zero-order chi connectivity index (χ0) is 12.3. The van der Waals surface area contributed by atoms with Gasteiger partial charge in [0.15, 0.2) is 5.82 Å². The van der Waals surface area contributed by atoms with Crippen molar-refractivity contribution in [2.75, 3.05) is 5.32 Å². The van der Waals surface area contributed by atoms with Gasteiger partial charge in [0.05, 0.1) is 0 Å². The first-order valence-electron chi connectivity index (χ1n) is 5.88. The van der Waals surface area contributed by atoms with Crippen LogP contribution in [0.25, 0.3) is 11.4 Å². The first kappa shape index (κ1) is 12.0. The molecule has 0 spiro atoms. The second-order valence-corrected chi connectivity index (χ2v) is 5.02. The standard InChI is InChI=1S/C13H17N3S/c1-4-10-5-7-11(8-6-10)12-15-13(17-16-12)14-9(2)3/h5-9H,4H2,1-3H3,(H,14,15,16). The molecule has 1 N–H and O–H groups in total. The van der Waals surface area contributed by atoms with Crippen molar-refractivity contribution < 1.29 is 0 Å². The Balaban J connectivity index is 2.18. The summed E-state index contributed by atoms with van der Waals surface area (Å²) < 4.78 is 4.36. The fourth-order valence-electron chi connectivity index (χ4n) is 1.54. The Labute approximate surface area is 106 Å². The highest BCUT2D eigenvalue weighted by Crippen LogP contribution is 2.21. The van der Waals surface area contributed by atoms with E-state index in [4.69, 9.17) is 0 Å². The Morgan fingerprint density at radius 1 is 1.24 bits per heavy atom. The third-order valence-electron chi connectivity index (χ3n) is 2.46. The van der Waals surface area contributed by atoms with Crippen molar-refractivity contribution in [3.8, 4) is 11.4 Å². The molecule has 0 saturated heterocycles. The van der Waals surface area contributed by atoms with E-state index in [-0.39, 0.29) is 0 Å². The Morgan fingerprint density at radius 2 is 1.94 bits per heavy atom. The summed E-state index contributed by atoms with van der Waals surface area (Å²) in [4.78, 5) is 4.47. The van der Waals surface area contributed by atoms with Crippen molar-refractivity contribution >= 4 is 16.7 Å². The van der Waals surface area contributed by atoms with E-state index in [0.29, 0.717) is 6.04 Å². The summed E-state index contributed by atoms with van der Waals surface area (Å²) in [7, 11) is 0. The lowest BCUT2D eigenvalue weighted by Crippen LogP contribution is -2.08. The van der Waals surface area contributed by atoms with Crippen molar-refractivity contribution in [3.63, 3.8) is 0 Å². The molecule has 0 unspecified atom stereocenters. The van der Waals surface area contributed by atoms with Crippen LogP contribution in [0.5, 0.6) is 0 Å². The molecule has 1 aromatic carbocycles. The molecule has 0 aliphatic carbocycles. The average molecular weight is 247 g/mol. The van der Waals surface area contributed by atoms with Gasteiger partial charge in [-0.2, -0.15) is 9.36 Å². The molecule has 2 aromatic rings. The minimum Gasteiger partial charge on any atom is -0.358 e. The third-order valence-corrected chi connectivity index (χ3v) is 3.10. The predicted molar refractivity (Wildman–Crippen MR) is 73.5 cm³/mol. The number of hydrogen-bond acceptors (Lipinski definition) is 4. The van der Waals surface area contributed by atoms with E-state index < -0.39 is 0 Å². The van der Waals surface area contributed by atoms with Crippen molar-refractivity contribution in [1.82, 2.24) is 9.36 Å². The topological polar surface area (TPSA) is 37.8 Å². The van der Waals surface area contributed by atoms with E-state index >= 15 is 0 Å². The summed E-state index contributed by atoms with van der Waals surface area (Å²) in [6, 6.07) is 8.82. The van der Waals surface area contributed by atoms with Gasteiger partial charge in [0.25, 0.3) is 0 Å². The summed E-state index contributed by atoms with van der Waals surface area (Å²) in [6.07, 6.45) is 1.06. The molecule has 0 radical (unpaired) electrons. The zero-order valence-electron chi connectivity index (χ0n) is 10.4. The quantitative estimate of drug-likeness (QED) is 0.897. The molecule has 0 aliphatic heterocycles. The van der Waals surface area contributed by atoms with Crippen LogP contribution in [0.1, 0.15) is 26.3 Å². The van der Waals surface area contributed by atoms with E-state index in [0.717, 1.165) is 22.9 Å². The summed E-state index contributed by atoms with van der Waals surface area (Å²) in [6.45, 7) is 6.34. The summed E-state index contributed by atoms with van der Waals surface area (Å²) >= 11 is 1.41. The normalized spacial score (nSPS) is 10.8. The van der Waals surface area contributed by atoms with Gasteiger partial charge in [-0.3, -0.25) is 0 Å². The van der Waals surface area contributed by atoms with Crippen molar-refractivity contribution in [1.29, 1.82) is 0 Å². The van der Waals surface area contributed by atoms with Crippen LogP contribution in [0, 0.1) is 0 Å². The maximum absolute atomic E-state index is 4.47. The lowest BCUT2D eigenvalue weighted by atomic mass is 10.1. The van der Waals surface area contributed by atoms with Crippen LogP contribution < -0.4 is 5.32 Å². The Hall–Kier alpha value is -1.42. The largest absolute Gasteiger partial charge is 0.358 e. The number of aromatic nitrogens is 2. The van der Waals surface area contributed by atoms with Crippen LogP contribution in [-0.4, -0.2) is 15.4 Å². The molecule has 3 nitrogen and oxygen atoms in total. The fourth-order valence-corrected chi connectivity index (χ4v) is 2.27. The Kier molecular flexibility index (Phi) is 3.74. The molecule has 0 fully saturated rings. The number of aryl methyl sites for hydroxylation is 1. The highest BCUT2D eigenvalue weighted by atomic mass is 32.1. The van der Waals surface area contributed by atoms with Gasteiger partial charge < -0.3 is 5.32 Å². The smallest absolute Gasteiger partial charge is 0.203 e. The molecule has 0 bridgehead atoms.